The summed E-state index contributed by atoms with van der Waals surface area (Å²) in [6.07, 6.45) is 4.49. The molecule has 0 saturated heterocycles. The third-order valence-electron chi connectivity index (χ3n) is 4.11. The summed E-state index contributed by atoms with van der Waals surface area (Å²) in [4.78, 5) is 7.38. The Labute approximate surface area is 137 Å². The first-order valence-electron chi connectivity index (χ1n) is 7.30. The maximum atomic E-state index is 15.0. The number of benzene rings is 1. The highest BCUT2D eigenvalue weighted by atomic mass is 32.2. The number of hydrogen-bond donors (Lipinski definition) is 2. The van der Waals surface area contributed by atoms with E-state index < -0.39 is 15.8 Å². The number of hydrogen-bond acceptors (Lipinski definition) is 3. The molecule has 0 bridgehead atoms. The molecule has 0 atom stereocenters. The number of sulfonamides is 1. The van der Waals surface area contributed by atoms with Crippen molar-refractivity contribution in [2.75, 3.05) is 11.0 Å². The maximum Gasteiger partial charge on any atom is 0.229 e. The molecule has 0 aliphatic rings. The predicted molar refractivity (Wildman–Crippen MR) is 93.4 cm³/mol. The zero-order chi connectivity index (χ0) is 17.1. The number of pyridine rings is 1. The first-order chi connectivity index (χ1) is 11.3. The number of halogens is 1. The molecule has 0 radical (unpaired) electrons. The molecule has 2 aromatic carbocycles. The van der Waals surface area contributed by atoms with E-state index in [0.717, 1.165) is 33.6 Å². The highest BCUT2D eigenvalue weighted by Crippen LogP contribution is 2.40. The van der Waals surface area contributed by atoms with Gasteiger partial charge in [-0.3, -0.25) is 4.72 Å². The van der Waals surface area contributed by atoms with Crippen LogP contribution in [-0.4, -0.2) is 24.6 Å². The van der Waals surface area contributed by atoms with Gasteiger partial charge in [-0.05, 0) is 41.6 Å². The molecular formula is C17H14FN3O2S. The van der Waals surface area contributed by atoms with Gasteiger partial charge >= 0.3 is 0 Å². The fourth-order valence-electron chi connectivity index (χ4n) is 3.13. The molecule has 24 heavy (non-hydrogen) atoms. The largest absolute Gasteiger partial charge is 0.346 e. The van der Waals surface area contributed by atoms with E-state index in [-0.39, 0.29) is 5.69 Å². The molecule has 2 heterocycles. The van der Waals surface area contributed by atoms with Crippen molar-refractivity contribution in [2.24, 2.45) is 0 Å². The van der Waals surface area contributed by atoms with Crippen LogP contribution in [-0.2, 0) is 10.0 Å². The van der Waals surface area contributed by atoms with Crippen molar-refractivity contribution >= 4 is 37.5 Å². The van der Waals surface area contributed by atoms with Crippen LogP contribution in [0.25, 0.3) is 32.9 Å². The summed E-state index contributed by atoms with van der Waals surface area (Å²) in [5.74, 6) is -0.585. The number of nitrogens with one attached hydrogen (secondary N) is 2. The van der Waals surface area contributed by atoms with Crippen LogP contribution in [0.15, 0.2) is 36.7 Å². The van der Waals surface area contributed by atoms with Crippen LogP contribution >= 0.6 is 0 Å². The van der Waals surface area contributed by atoms with Gasteiger partial charge in [0.15, 0.2) is 5.82 Å². The second-order valence-corrected chi connectivity index (χ2v) is 7.63. The summed E-state index contributed by atoms with van der Waals surface area (Å²) < 4.78 is 40.2. The van der Waals surface area contributed by atoms with Gasteiger partial charge in [0, 0.05) is 28.7 Å². The van der Waals surface area contributed by atoms with Gasteiger partial charge in [-0.1, -0.05) is 6.07 Å². The van der Waals surface area contributed by atoms with E-state index >= 15 is 4.39 Å². The number of H-pyrrole nitrogens is 1. The van der Waals surface area contributed by atoms with Gasteiger partial charge in [0.2, 0.25) is 10.0 Å². The average molecular weight is 343 g/mol. The number of aryl methyl sites for hydroxylation is 1. The summed E-state index contributed by atoms with van der Waals surface area (Å²) in [5, 5.41) is 2.76. The van der Waals surface area contributed by atoms with Crippen molar-refractivity contribution in [1.82, 2.24) is 9.97 Å². The normalized spacial score (nSPS) is 12.3. The molecule has 0 aliphatic heterocycles. The average Bonchev–Trinajstić information content (AvgIpc) is 3.08. The molecule has 0 fully saturated rings. The second kappa shape index (κ2) is 4.91. The fourth-order valence-corrected chi connectivity index (χ4v) is 3.68. The maximum absolute atomic E-state index is 15.0. The summed E-state index contributed by atoms with van der Waals surface area (Å²) in [6.45, 7) is 1.80. The molecule has 0 spiro atoms. The summed E-state index contributed by atoms with van der Waals surface area (Å²) in [5.41, 5.74) is 2.51. The first kappa shape index (κ1) is 14.9. The SMILES string of the molecule is Cc1ccc(NS(C)(=O)=O)c(F)c1-c1cc2cc[nH]c3ncc1c23. The molecule has 2 N–H and O–H groups in total. The molecule has 4 rings (SSSR count). The van der Waals surface area contributed by atoms with Gasteiger partial charge in [-0.25, -0.2) is 17.8 Å². The Hall–Kier alpha value is -2.67. The molecule has 0 unspecified atom stereocenters. The number of aromatic nitrogens is 2. The van der Waals surface area contributed by atoms with E-state index in [1.165, 1.54) is 6.07 Å². The summed E-state index contributed by atoms with van der Waals surface area (Å²) >= 11 is 0. The predicted octanol–water partition coefficient (Wildman–Crippen LogP) is 3.64. The lowest BCUT2D eigenvalue weighted by Gasteiger charge is -2.12. The lowest BCUT2D eigenvalue weighted by atomic mass is 9.99. The van der Waals surface area contributed by atoms with Gasteiger partial charge in [0.05, 0.1) is 11.9 Å². The van der Waals surface area contributed by atoms with Gasteiger partial charge in [-0.15, -0.1) is 0 Å². The lowest BCUT2D eigenvalue weighted by molar-refractivity contribution is 0.604. The zero-order valence-corrected chi connectivity index (χ0v) is 13.8. The van der Waals surface area contributed by atoms with Crippen molar-refractivity contribution in [1.29, 1.82) is 0 Å². The van der Waals surface area contributed by atoms with Crippen LogP contribution in [0.4, 0.5) is 10.1 Å². The molecule has 2 aromatic heterocycles. The van der Waals surface area contributed by atoms with Gasteiger partial charge in [0.25, 0.3) is 0 Å². The molecule has 0 aliphatic carbocycles. The lowest BCUT2D eigenvalue weighted by Crippen LogP contribution is -2.11. The topological polar surface area (TPSA) is 74.8 Å². The third kappa shape index (κ3) is 2.20. The molecular weight excluding hydrogens is 329 g/mol. The van der Waals surface area contributed by atoms with Crippen LogP contribution in [0.2, 0.25) is 0 Å². The van der Waals surface area contributed by atoms with Crippen LogP contribution in [0.5, 0.6) is 0 Å². The van der Waals surface area contributed by atoms with Crippen molar-refractivity contribution in [3.8, 4) is 11.1 Å². The van der Waals surface area contributed by atoms with E-state index in [4.69, 9.17) is 0 Å². The second-order valence-electron chi connectivity index (χ2n) is 5.88. The molecule has 4 aromatic rings. The molecule has 0 saturated carbocycles. The Balaban J connectivity index is 2.01. The van der Waals surface area contributed by atoms with Gasteiger partial charge in [0.1, 0.15) is 5.65 Å². The Bertz CT molecular complexity index is 1180. The van der Waals surface area contributed by atoms with Gasteiger partial charge in [-0.2, -0.15) is 0 Å². The smallest absolute Gasteiger partial charge is 0.229 e. The Kier molecular flexibility index (Phi) is 3.05. The third-order valence-corrected chi connectivity index (χ3v) is 4.70. The van der Waals surface area contributed by atoms with Crippen LogP contribution in [0.1, 0.15) is 5.56 Å². The number of aromatic amines is 1. The highest BCUT2D eigenvalue weighted by molar-refractivity contribution is 7.92. The number of nitrogens with zero attached hydrogens (tertiary/aromatic N) is 1. The molecule has 5 nitrogen and oxygen atoms in total. The zero-order valence-electron chi connectivity index (χ0n) is 13.0. The van der Waals surface area contributed by atoms with Crippen molar-refractivity contribution in [3.63, 3.8) is 0 Å². The van der Waals surface area contributed by atoms with Crippen LogP contribution < -0.4 is 4.72 Å². The Morgan fingerprint density at radius 2 is 2.04 bits per heavy atom. The van der Waals surface area contributed by atoms with E-state index in [1.807, 2.05) is 12.1 Å². The Morgan fingerprint density at radius 3 is 2.79 bits per heavy atom. The number of rotatable bonds is 3. The minimum Gasteiger partial charge on any atom is -0.346 e. The van der Waals surface area contributed by atoms with E-state index in [1.54, 1.807) is 25.4 Å². The van der Waals surface area contributed by atoms with Crippen molar-refractivity contribution in [2.45, 2.75) is 6.92 Å². The van der Waals surface area contributed by atoms with Crippen LogP contribution in [0, 0.1) is 12.7 Å². The quantitative estimate of drug-likeness (QED) is 0.596. The van der Waals surface area contributed by atoms with E-state index in [9.17, 15) is 8.42 Å². The molecule has 7 heteroatoms. The van der Waals surface area contributed by atoms with Crippen LogP contribution in [0.3, 0.4) is 0 Å². The number of anilines is 1. The van der Waals surface area contributed by atoms with Gasteiger partial charge < -0.3 is 4.98 Å². The molecule has 0 amide bonds. The summed E-state index contributed by atoms with van der Waals surface area (Å²) in [7, 11) is -3.56. The fraction of sp³-hybridized carbons (Fsp3) is 0.118. The first-order valence-corrected chi connectivity index (χ1v) is 9.20. The van der Waals surface area contributed by atoms with Crippen molar-refractivity contribution < 1.29 is 12.8 Å². The monoisotopic (exact) mass is 343 g/mol. The minimum atomic E-state index is -3.56. The highest BCUT2D eigenvalue weighted by Gasteiger charge is 2.20. The van der Waals surface area contributed by atoms with Crippen molar-refractivity contribution in [3.05, 3.63) is 48.0 Å². The standard InChI is InChI=1S/C17H14FN3O2S/c1-9-3-4-13(21-24(2,22)23)16(18)14(9)11-7-10-5-6-19-17-15(10)12(11)8-20-17/h3-8,21H,1-2H3,(H,19,20). The minimum absolute atomic E-state index is 0.0581. The Morgan fingerprint density at radius 1 is 1.25 bits per heavy atom. The molecule has 122 valence electrons. The van der Waals surface area contributed by atoms with E-state index in [0.29, 0.717) is 11.1 Å². The van der Waals surface area contributed by atoms with E-state index in [2.05, 4.69) is 14.7 Å². The summed E-state index contributed by atoms with van der Waals surface area (Å²) in [6, 6.07) is 6.95.